The molecule has 1 fully saturated rings. The molecule has 1 saturated heterocycles. The van der Waals surface area contributed by atoms with E-state index >= 15 is 4.39 Å². The van der Waals surface area contributed by atoms with E-state index in [9.17, 15) is 29.4 Å². The summed E-state index contributed by atoms with van der Waals surface area (Å²) in [5, 5.41) is 20.6. The van der Waals surface area contributed by atoms with Gasteiger partial charge in [-0.15, -0.1) is 0 Å². The lowest BCUT2D eigenvalue weighted by atomic mass is 10.0. The summed E-state index contributed by atoms with van der Waals surface area (Å²) in [5.74, 6) is -5.11. The van der Waals surface area contributed by atoms with Crippen molar-refractivity contribution in [3.05, 3.63) is 33.1 Å². The van der Waals surface area contributed by atoms with Crippen LogP contribution in [0.5, 0.6) is 0 Å². The summed E-state index contributed by atoms with van der Waals surface area (Å²) in [7, 11) is 0. The number of nitrogens with zero attached hydrogens (tertiary/aromatic N) is 2. The maximum absolute atomic E-state index is 15.3. The molecule has 2 N–H and O–H groups in total. The van der Waals surface area contributed by atoms with Gasteiger partial charge >= 0.3 is 17.6 Å². The Kier molecular flexibility index (Phi) is 9.54. The molecule has 1 aromatic rings. The number of hydrogen-bond acceptors (Lipinski definition) is 9. The third-order valence-corrected chi connectivity index (χ3v) is 6.13. The van der Waals surface area contributed by atoms with E-state index in [1.807, 2.05) is 0 Å². The van der Waals surface area contributed by atoms with E-state index in [0.29, 0.717) is 34.8 Å². The molecule has 34 heavy (non-hydrogen) atoms. The van der Waals surface area contributed by atoms with Crippen molar-refractivity contribution in [1.29, 1.82) is 0 Å². The Morgan fingerprint density at radius 3 is 2.12 bits per heavy atom. The number of esters is 2. The van der Waals surface area contributed by atoms with E-state index < -0.39 is 72.7 Å². The first kappa shape index (κ1) is 27.7. The van der Waals surface area contributed by atoms with Crippen molar-refractivity contribution < 1.29 is 38.4 Å². The number of halogens is 1. The second-order valence-corrected chi connectivity index (χ2v) is 8.23. The zero-order valence-corrected chi connectivity index (χ0v) is 19.8. The van der Waals surface area contributed by atoms with Crippen LogP contribution >= 0.6 is 0 Å². The van der Waals surface area contributed by atoms with Crippen LogP contribution in [0.25, 0.3) is 0 Å². The van der Waals surface area contributed by atoms with Crippen LogP contribution in [0, 0.1) is 11.8 Å². The second kappa shape index (κ2) is 11.7. The van der Waals surface area contributed by atoms with Crippen LogP contribution in [0.15, 0.2) is 21.9 Å². The van der Waals surface area contributed by atoms with Crippen LogP contribution in [-0.4, -0.2) is 56.0 Å². The topological polar surface area (TPSA) is 146 Å². The van der Waals surface area contributed by atoms with Crippen LogP contribution in [0.2, 0.25) is 0 Å². The van der Waals surface area contributed by atoms with Gasteiger partial charge in [-0.1, -0.05) is 27.7 Å². The van der Waals surface area contributed by atoms with E-state index in [1.54, 1.807) is 27.7 Å². The first-order valence-corrected chi connectivity index (χ1v) is 11.4. The number of aliphatic hydroxyl groups excluding tert-OH is 2. The molecule has 0 radical (unpaired) electrons. The number of ether oxygens (including phenoxy) is 3. The molecule has 192 valence electrons. The minimum atomic E-state index is -2.99. The predicted octanol–water partition coefficient (Wildman–Crippen LogP) is 0.843. The number of carbonyl (C=O) groups is 2. The molecule has 2 rings (SSSR count). The summed E-state index contributed by atoms with van der Waals surface area (Å²) >= 11 is 0. The monoisotopic (exact) mass is 488 g/mol. The Bertz CT molecular complexity index is 970. The van der Waals surface area contributed by atoms with Crippen LogP contribution in [-0.2, 0) is 30.5 Å². The molecule has 0 spiro atoms. The third kappa shape index (κ3) is 5.73. The highest BCUT2D eigenvalue weighted by Gasteiger charge is 2.57. The quantitative estimate of drug-likeness (QED) is 0.433. The van der Waals surface area contributed by atoms with Crippen molar-refractivity contribution in [3.8, 4) is 0 Å². The fourth-order valence-corrected chi connectivity index (χ4v) is 3.71. The van der Waals surface area contributed by atoms with Gasteiger partial charge in [-0.2, -0.15) is 0 Å². The molecule has 2 heterocycles. The number of alkyl halides is 1. The summed E-state index contributed by atoms with van der Waals surface area (Å²) in [6, 6.07) is 0.945. The van der Waals surface area contributed by atoms with Gasteiger partial charge in [-0.25, -0.2) is 13.8 Å². The van der Waals surface area contributed by atoms with Gasteiger partial charge in [0.15, 0.2) is 19.6 Å². The minimum absolute atomic E-state index is 0.397. The molecule has 0 aliphatic carbocycles. The highest BCUT2D eigenvalue weighted by atomic mass is 19.2. The van der Waals surface area contributed by atoms with E-state index in [4.69, 9.17) is 14.2 Å². The Morgan fingerprint density at radius 1 is 1.06 bits per heavy atom. The van der Waals surface area contributed by atoms with E-state index in [2.05, 4.69) is 0 Å². The van der Waals surface area contributed by atoms with Crippen LogP contribution in [0.3, 0.4) is 0 Å². The summed E-state index contributed by atoms with van der Waals surface area (Å²) < 4.78 is 31.7. The minimum Gasteiger partial charge on any atom is -0.459 e. The summed E-state index contributed by atoms with van der Waals surface area (Å²) in [4.78, 5) is 49.2. The second-order valence-electron chi connectivity index (χ2n) is 8.23. The molecule has 0 amide bonds. The Morgan fingerprint density at radius 2 is 1.59 bits per heavy atom. The highest BCUT2D eigenvalue weighted by molar-refractivity contribution is 5.72. The maximum Gasteiger partial charge on any atom is 0.335 e. The van der Waals surface area contributed by atoms with Gasteiger partial charge in [-0.3, -0.25) is 19.0 Å². The molecule has 12 heteroatoms. The fraction of sp³-hybridized carbons (Fsp3) is 0.727. The molecule has 1 aliphatic heterocycles. The average Bonchev–Trinajstić information content (AvgIpc) is 3.03. The van der Waals surface area contributed by atoms with Crippen molar-refractivity contribution in [3.63, 3.8) is 0 Å². The van der Waals surface area contributed by atoms with Crippen LogP contribution in [0.4, 0.5) is 4.39 Å². The lowest BCUT2D eigenvalue weighted by Gasteiger charge is -2.23. The van der Waals surface area contributed by atoms with Crippen molar-refractivity contribution in [2.75, 3.05) is 6.61 Å². The van der Waals surface area contributed by atoms with Gasteiger partial charge in [0.1, 0.15) is 12.2 Å². The van der Waals surface area contributed by atoms with Crippen LogP contribution < -0.4 is 11.2 Å². The predicted molar refractivity (Wildman–Crippen MR) is 116 cm³/mol. The lowest BCUT2D eigenvalue weighted by molar-refractivity contribution is -0.218. The number of rotatable bonds is 11. The van der Waals surface area contributed by atoms with E-state index in [1.165, 1.54) is 0 Å². The molecular formula is C22H33FN2O9. The molecule has 1 aliphatic rings. The molecule has 0 aromatic carbocycles. The number of carbonyl (C=O) groups excluding carboxylic acids is 2. The molecule has 4 atom stereocenters. The van der Waals surface area contributed by atoms with Crippen molar-refractivity contribution >= 4 is 11.9 Å². The Balaban J connectivity index is 2.23. The maximum atomic E-state index is 15.3. The SMILES string of the molecule is CCC(CC)C(=O)OCn1c(=O)ccn([C@@H]2O[C@](F)(COC(=O)C(CC)CC)[C@@H](O)[C@H]2O)c1=O. The fourth-order valence-electron chi connectivity index (χ4n) is 3.71. The molecule has 1 aromatic heterocycles. The van der Waals surface area contributed by atoms with Gasteiger partial charge in [0.2, 0.25) is 0 Å². The number of hydrogen-bond donors (Lipinski definition) is 2. The van der Waals surface area contributed by atoms with Crippen LogP contribution in [0.1, 0.15) is 59.6 Å². The molecule has 11 nitrogen and oxygen atoms in total. The summed E-state index contributed by atoms with van der Waals surface area (Å²) in [5.41, 5.74) is -1.85. The third-order valence-electron chi connectivity index (χ3n) is 6.13. The molecule has 0 bridgehead atoms. The first-order valence-electron chi connectivity index (χ1n) is 11.4. The molecule has 0 saturated carbocycles. The largest absolute Gasteiger partial charge is 0.459 e. The number of aromatic nitrogens is 2. The average molecular weight is 489 g/mol. The van der Waals surface area contributed by atoms with Gasteiger partial charge < -0.3 is 24.4 Å². The standard InChI is InChI=1S/C22H33FN2O9/c1-5-13(6-2)19(29)32-11-22(23)17(28)16(27)18(34-22)24-10-9-15(26)25(21(24)31)12-33-20(30)14(7-3)8-4/h9-10,13-14,16-18,27-28H,5-8,11-12H2,1-4H3/t16-,17+,18-,22-/m1/s1. The zero-order chi connectivity index (χ0) is 25.6. The Hall–Kier alpha value is -2.57. The van der Waals surface area contributed by atoms with Crippen molar-refractivity contribution in [1.82, 2.24) is 9.13 Å². The first-order chi connectivity index (χ1) is 16.0. The van der Waals surface area contributed by atoms with Gasteiger partial charge in [0.05, 0.1) is 11.8 Å². The van der Waals surface area contributed by atoms with Gasteiger partial charge in [-0.05, 0) is 25.7 Å². The van der Waals surface area contributed by atoms with Gasteiger partial charge in [0, 0.05) is 12.3 Å². The smallest absolute Gasteiger partial charge is 0.335 e. The summed E-state index contributed by atoms with van der Waals surface area (Å²) in [6.07, 6.45) is -2.86. The van der Waals surface area contributed by atoms with E-state index in [-0.39, 0.29) is 0 Å². The lowest BCUT2D eigenvalue weighted by Crippen LogP contribution is -2.44. The number of aliphatic hydroxyl groups is 2. The molecule has 0 unspecified atom stereocenters. The highest BCUT2D eigenvalue weighted by Crippen LogP contribution is 2.38. The van der Waals surface area contributed by atoms with Crippen molar-refractivity contribution in [2.45, 2.75) is 84.4 Å². The summed E-state index contributed by atoms with van der Waals surface area (Å²) in [6.45, 7) is 5.44. The van der Waals surface area contributed by atoms with E-state index in [0.717, 1.165) is 12.3 Å². The molecular weight excluding hydrogens is 455 g/mol. The van der Waals surface area contributed by atoms with Gasteiger partial charge in [0.25, 0.3) is 11.4 Å². The Labute approximate surface area is 196 Å². The van der Waals surface area contributed by atoms with Crippen molar-refractivity contribution in [2.24, 2.45) is 11.8 Å². The normalized spacial score (nSPS) is 24.6. The zero-order valence-electron chi connectivity index (χ0n) is 19.8.